The van der Waals surface area contributed by atoms with Gasteiger partial charge in [0.1, 0.15) is 5.82 Å². The highest BCUT2D eigenvalue weighted by molar-refractivity contribution is 5.94. The van der Waals surface area contributed by atoms with Crippen LogP contribution < -0.4 is 10.6 Å². The smallest absolute Gasteiger partial charge is 0.241 e. The number of anilines is 1. The summed E-state index contributed by atoms with van der Waals surface area (Å²) < 4.78 is 13.1. The normalized spacial score (nSPS) is 13.5. The maximum absolute atomic E-state index is 13.1. The van der Waals surface area contributed by atoms with Crippen LogP contribution in [-0.4, -0.2) is 11.9 Å². The number of benzene rings is 2. The monoisotopic (exact) mass is 286 g/mol. The summed E-state index contributed by atoms with van der Waals surface area (Å²) in [5.74, 6) is -0.561. The third kappa shape index (κ3) is 4.39. The third-order valence-corrected chi connectivity index (χ3v) is 3.29. The number of carbonyl (C=O) groups is 1. The summed E-state index contributed by atoms with van der Waals surface area (Å²) in [7, 11) is 0. The molecule has 0 aliphatic heterocycles. The molecule has 2 aromatic rings. The summed E-state index contributed by atoms with van der Waals surface area (Å²) in [4.78, 5) is 12.1. The summed E-state index contributed by atoms with van der Waals surface area (Å²) in [6.45, 7) is 3.79. The van der Waals surface area contributed by atoms with Crippen LogP contribution in [0.5, 0.6) is 0 Å². The minimum atomic E-state index is -0.386. The molecule has 0 unspecified atom stereocenters. The van der Waals surface area contributed by atoms with Crippen molar-refractivity contribution in [3.05, 3.63) is 66.0 Å². The highest BCUT2D eigenvalue weighted by atomic mass is 19.1. The maximum atomic E-state index is 13.1. The van der Waals surface area contributed by atoms with Gasteiger partial charge in [-0.15, -0.1) is 0 Å². The molecule has 0 aliphatic rings. The van der Waals surface area contributed by atoms with Crippen molar-refractivity contribution in [2.45, 2.75) is 25.9 Å². The molecule has 3 nitrogen and oxygen atoms in total. The van der Waals surface area contributed by atoms with Crippen LogP contribution in [0.2, 0.25) is 0 Å². The highest BCUT2D eigenvalue weighted by Crippen LogP contribution is 2.13. The Hall–Kier alpha value is -2.20. The minimum Gasteiger partial charge on any atom is -0.325 e. The van der Waals surface area contributed by atoms with Gasteiger partial charge >= 0.3 is 0 Å². The van der Waals surface area contributed by atoms with E-state index >= 15 is 0 Å². The fourth-order valence-corrected chi connectivity index (χ4v) is 2.11. The summed E-state index contributed by atoms with van der Waals surface area (Å²) in [5.41, 5.74) is 1.57. The Balaban J connectivity index is 1.93. The molecule has 0 heterocycles. The van der Waals surface area contributed by atoms with Crippen LogP contribution in [0.1, 0.15) is 25.5 Å². The van der Waals surface area contributed by atoms with Crippen molar-refractivity contribution in [3.63, 3.8) is 0 Å². The molecule has 0 aromatic heterocycles. The van der Waals surface area contributed by atoms with Gasteiger partial charge in [0.2, 0.25) is 5.91 Å². The van der Waals surface area contributed by atoms with Gasteiger partial charge in [-0.1, -0.05) is 36.4 Å². The van der Waals surface area contributed by atoms with E-state index in [1.807, 2.05) is 37.3 Å². The van der Waals surface area contributed by atoms with Crippen LogP contribution in [0.3, 0.4) is 0 Å². The lowest BCUT2D eigenvalue weighted by atomic mass is 10.1. The standard InChI is InChI=1S/C17H19FN2O/c1-12(14-7-4-3-5-8-14)19-13(2)17(21)20-16-10-6-9-15(18)11-16/h3-13,19H,1-2H3,(H,20,21)/t12-,13-/m0/s1. The molecule has 0 bridgehead atoms. The van der Waals surface area contributed by atoms with E-state index in [4.69, 9.17) is 0 Å². The molecule has 110 valence electrons. The number of halogens is 1. The fourth-order valence-electron chi connectivity index (χ4n) is 2.11. The van der Waals surface area contributed by atoms with E-state index in [0.29, 0.717) is 5.69 Å². The topological polar surface area (TPSA) is 41.1 Å². The zero-order valence-corrected chi connectivity index (χ0v) is 12.1. The van der Waals surface area contributed by atoms with E-state index in [2.05, 4.69) is 10.6 Å². The molecule has 0 aliphatic carbocycles. The van der Waals surface area contributed by atoms with Crippen molar-refractivity contribution >= 4 is 11.6 Å². The van der Waals surface area contributed by atoms with Crippen LogP contribution >= 0.6 is 0 Å². The molecule has 2 aromatic carbocycles. The Morgan fingerprint density at radius 1 is 1.05 bits per heavy atom. The average Bonchev–Trinajstić information content (AvgIpc) is 2.48. The quantitative estimate of drug-likeness (QED) is 0.883. The van der Waals surface area contributed by atoms with Crippen molar-refractivity contribution in [1.82, 2.24) is 5.32 Å². The second-order valence-corrected chi connectivity index (χ2v) is 5.02. The van der Waals surface area contributed by atoms with Crippen LogP contribution in [0.15, 0.2) is 54.6 Å². The summed E-state index contributed by atoms with van der Waals surface area (Å²) >= 11 is 0. The van der Waals surface area contributed by atoms with Gasteiger partial charge < -0.3 is 5.32 Å². The van der Waals surface area contributed by atoms with Gasteiger partial charge in [0.15, 0.2) is 0 Å². The van der Waals surface area contributed by atoms with Gasteiger partial charge in [-0.3, -0.25) is 10.1 Å². The second-order valence-electron chi connectivity index (χ2n) is 5.02. The molecule has 2 N–H and O–H groups in total. The summed E-state index contributed by atoms with van der Waals surface area (Å²) in [5, 5.41) is 5.92. The molecule has 0 fully saturated rings. The first-order chi connectivity index (χ1) is 10.1. The molecule has 0 spiro atoms. The lowest BCUT2D eigenvalue weighted by Crippen LogP contribution is -2.39. The lowest BCUT2D eigenvalue weighted by Gasteiger charge is -2.20. The van der Waals surface area contributed by atoms with Crippen molar-refractivity contribution in [2.75, 3.05) is 5.32 Å². The van der Waals surface area contributed by atoms with Crippen molar-refractivity contribution < 1.29 is 9.18 Å². The fraction of sp³-hybridized carbons (Fsp3) is 0.235. The van der Waals surface area contributed by atoms with E-state index in [1.165, 1.54) is 12.1 Å². The predicted octanol–water partition coefficient (Wildman–Crippen LogP) is 3.50. The molecule has 0 saturated carbocycles. The first-order valence-electron chi connectivity index (χ1n) is 6.93. The minimum absolute atomic E-state index is 0.0551. The molecule has 2 rings (SSSR count). The van der Waals surface area contributed by atoms with Gasteiger partial charge in [-0.05, 0) is 37.6 Å². The van der Waals surface area contributed by atoms with Gasteiger partial charge in [0, 0.05) is 11.7 Å². The Morgan fingerprint density at radius 2 is 1.76 bits per heavy atom. The first-order valence-corrected chi connectivity index (χ1v) is 6.93. The van der Waals surface area contributed by atoms with Crippen LogP contribution in [0.4, 0.5) is 10.1 Å². The average molecular weight is 286 g/mol. The van der Waals surface area contributed by atoms with E-state index in [1.54, 1.807) is 19.1 Å². The Kier molecular flexibility index (Phi) is 5.06. The number of hydrogen-bond acceptors (Lipinski definition) is 2. The van der Waals surface area contributed by atoms with Gasteiger partial charge in [-0.2, -0.15) is 0 Å². The molecular weight excluding hydrogens is 267 g/mol. The van der Waals surface area contributed by atoms with E-state index in [9.17, 15) is 9.18 Å². The lowest BCUT2D eigenvalue weighted by molar-refractivity contribution is -0.117. The third-order valence-electron chi connectivity index (χ3n) is 3.29. The number of nitrogens with one attached hydrogen (secondary N) is 2. The molecule has 0 radical (unpaired) electrons. The number of hydrogen-bond donors (Lipinski definition) is 2. The van der Waals surface area contributed by atoms with Crippen LogP contribution in [-0.2, 0) is 4.79 Å². The number of rotatable bonds is 5. The zero-order chi connectivity index (χ0) is 15.2. The highest BCUT2D eigenvalue weighted by Gasteiger charge is 2.16. The largest absolute Gasteiger partial charge is 0.325 e. The molecule has 4 heteroatoms. The second kappa shape index (κ2) is 6.99. The molecule has 0 saturated heterocycles. The summed E-state index contributed by atoms with van der Waals surface area (Å²) in [6.07, 6.45) is 0. The maximum Gasteiger partial charge on any atom is 0.241 e. The van der Waals surface area contributed by atoms with Gasteiger partial charge in [0.05, 0.1) is 6.04 Å². The van der Waals surface area contributed by atoms with Crippen molar-refractivity contribution in [3.8, 4) is 0 Å². The zero-order valence-electron chi connectivity index (χ0n) is 12.1. The Labute approximate surface area is 124 Å². The van der Waals surface area contributed by atoms with Crippen molar-refractivity contribution in [2.24, 2.45) is 0 Å². The molecule has 2 atom stereocenters. The number of amides is 1. The van der Waals surface area contributed by atoms with Crippen LogP contribution in [0, 0.1) is 5.82 Å². The summed E-state index contributed by atoms with van der Waals surface area (Å²) in [6, 6.07) is 15.4. The molecular formula is C17H19FN2O. The molecule has 1 amide bonds. The van der Waals surface area contributed by atoms with Gasteiger partial charge in [0.25, 0.3) is 0 Å². The number of carbonyl (C=O) groups excluding carboxylic acids is 1. The van der Waals surface area contributed by atoms with Crippen LogP contribution in [0.25, 0.3) is 0 Å². The van der Waals surface area contributed by atoms with Gasteiger partial charge in [-0.25, -0.2) is 4.39 Å². The van der Waals surface area contributed by atoms with E-state index < -0.39 is 0 Å². The van der Waals surface area contributed by atoms with E-state index in [0.717, 1.165) is 5.56 Å². The Bertz CT molecular complexity index is 601. The predicted molar refractivity (Wildman–Crippen MR) is 82.5 cm³/mol. The van der Waals surface area contributed by atoms with E-state index in [-0.39, 0.29) is 23.8 Å². The SMILES string of the molecule is C[C@H](N[C@@H](C)c1ccccc1)C(=O)Nc1cccc(F)c1. The van der Waals surface area contributed by atoms with Crippen molar-refractivity contribution in [1.29, 1.82) is 0 Å². The Morgan fingerprint density at radius 3 is 2.43 bits per heavy atom. The molecule has 21 heavy (non-hydrogen) atoms. The first kappa shape index (κ1) is 15.2.